The highest BCUT2D eigenvalue weighted by Crippen LogP contribution is 2.30. The third-order valence-corrected chi connectivity index (χ3v) is 7.84. The maximum Gasteiger partial charge on any atom is 0.276 e. The molecule has 8 nitrogen and oxygen atoms in total. The lowest BCUT2D eigenvalue weighted by molar-refractivity contribution is -0.0566. The van der Waals surface area contributed by atoms with Gasteiger partial charge in [-0.2, -0.15) is 5.10 Å². The molecule has 4 heterocycles. The van der Waals surface area contributed by atoms with Crippen LogP contribution in [0.2, 0.25) is 0 Å². The Labute approximate surface area is 237 Å². The summed E-state index contributed by atoms with van der Waals surface area (Å²) in [4.78, 5) is 36.3. The molecule has 41 heavy (non-hydrogen) atoms. The second-order valence-electron chi connectivity index (χ2n) is 10.7. The van der Waals surface area contributed by atoms with Crippen LogP contribution in [0.4, 0.5) is 14.5 Å². The average Bonchev–Trinajstić information content (AvgIpc) is 3.41. The Morgan fingerprint density at radius 3 is 2.51 bits per heavy atom. The zero-order valence-corrected chi connectivity index (χ0v) is 23.3. The zero-order valence-electron chi connectivity index (χ0n) is 23.3. The zero-order chi connectivity index (χ0) is 29.0. The van der Waals surface area contributed by atoms with Crippen LogP contribution < -0.4 is 5.32 Å². The number of halogens is 2. The van der Waals surface area contributed by atoms with Crippen molar-refractivity contribution in [1.29, 1.82) is 0 Å². The predicted octanol–water partition coefficient (Wildman–Crippen LogP) is 6.51. The van der Waals surface area contributed by atoms with Gasteiger partial charge in [-0.3, -0.25) is 29.6 Å². The number of Topliss-reactive ketones (excluding diaryl/α,β-unsaturated/α-hetero) is 1. The molecule has 3 aromatic heterocycles. The fourth-order valence-electron chi connectivity index (χ4n) is 5.16. The molecule has 0 atom stereocenters. The van der Waals surface area contributed by atoms with E-state index in [1.165, 1.54) is 6.20 Å². The third-order valence-electron chi connectivity index (χ3n) is 7.84. The first-order chi connectivity index (χ1) is 19.7. The highest BCUT2D eigenvalue weighted by Gasteiger charge is 2.33. The fourth-order valence-corrected chi connectivity index (χ4v) is 5.16. The van der Waals surface area contributed by atoms with Crippen molar-refractivity contribution in [2.45, 2.75) is 58.4 Å². The summed E-state index contributed by atoms with van der Waals surface area (Å²) in [5, 5.41) is 10.6. The van der Waals surface area contributed by atoms with Gasteiger partial charge in [0.25, 0.3) is 11.8 Å². The van der Waals surface area contributed by atoms with Crippen molar-refractivity contribution in [2.75, 3.05) is 18.4 Å². The quantitative estimate of drug-likeness (QED) is 0.214. The van der Waals surface area contributed by atoms with E-state index >= 15 is 0 Å². The lowest BCUT2D eigenvalue weighted by Crippen LogP contribution is -2.38. The molecule has 1 aromatic carbocycles. The Morgan fingerprint density at radius 1 is 1.02 bits per heavy atom. The number of likely N-dealkylation sites (tertiary alicyclic amines) is 1. The number of piperidine rings is 1. The smallest absolute Gasteiger partial charge is 0.276 e. The van der Waals surface area contributed by atoms with Gasteiger partial charge in [-0.05, 0) is 47.4 Å². The van der Waals surface area contributed by atoms with Gasteiger partial charge in [0.1, 0.15) is 5.69 Å². The standard InChI is InChI=1S/C31H34F2N6O2/c1-3-20(4-2)14-28(40)27-8-6-24(18-35-27)36-30(41)29-25-15-22(5-7-26(25)37-38-29)23-13-21(16-34-17-23)19-39-11-9-31(32,33)10-12-39/h5-8,13,15-18,20H,3-4,9-12,14,19H2,1-2H3,(H,36,41)(H,37,38). The van der Waals surface area contributed by atoms with Crippen molar-refractivity contribution in [3.63, 3.8) is 0 Å². The summed E-state index contributed by atoms with van der Waals surface area (Å²) < 4.78 is 27.1. The minimum absolute atomic E-state index is 0.00145. The number of pyridine rings is 2. The number of H-pyrrole nitrogens is 1. The second kappa shape index (κ2) is 12.2. The van der Waals surface area contributed by atoms with E-state index in [1.807, 2.05) is 29.2 Å². The molecule has 5 rings (SSSR count). The number of hydrogen-bond donors (Lipinski definition) is 2. The number of fused-ring (bicyclic) bond motifs is 1. The lowest BCUT2D eigenvalue weighted by atomic mass is 9.96. The van der Waals surface area contributed by atoms with Crippen molar-refractivity contribution in [3.05, 3.63) is 71.9 Å². The number of anilines is 1. The number of aromatic nitrogens is 4. The van der Waals surface area contributed by atoms with Crippen LogP contribution in [0.3, 0.4) is 0 Å². The van der Waals surface area contributed by atoms with Gasteiger partial charge in [-0.25, -0.2) is 8.78 Å². The molecule has 0 radical (unpaired) electrons. The molecule has 1 aliphatic rings. The molecule has 0 unspecified atom stereocenters. The van der Waals surface area contributed by atoms with Gasteiger partial charge in [-0.1, -0.05) is 32.8 Å². The highest BCUT2D eigenvalue weighted by molar-refractivity contribution is 6.11. The van der Waals surface area contributed by atoms with Gasteiger partial charge in [0.15, 0.2) is 11.5 Å². The monoisotopic (exact) mass is 560 g/mol. The minimum Gasteiger partial charge on any atom is -0.319 e. The van der Waals surface area contributed by atoms with Gasteiger partial charge in [0.05, 0.1) is 17.4 Å². The number of carbonyl (C=O) groups is 2. The van der Waals surface area contributed by atoms with Gasteiger partial charge in [-0.15, -0.1) is 0 Å². The Hall–Kier alpha value is -4.05. The Kier molecular flexibility index (Phi) is 8.49. The molecule has 1 saturated heterocycles. The van der Waals surface area contributed by atoms with E-state index in [-0.39, 0.29) is 24.3 Å². The van der Waals surface area contributed by atoms with Crippen LogP contribution in [0, 0.1) is 5.92 Å². The summed E-state index contributed by atoms with van der Waals surface area (Å²) >= 11 is 0. The number of alkyl halides is 2. The van der Waals surface area contributed by atoms with Crippen LogP contribution >= 0.6 is 0 Å². The van der Waals surface area contributed by atoms with Crippen LogP contribution in [-0.4, -0.2) is 55.8 Å². The van der Waals surface area contributed by atoms with Crippen molar-refractivity contribution < 1.29 is 18.4 Å². The number of carbonyl (C=O) groups excluding carboxylic acids is 2. The molecule has 1 aliphatic heterocycles. The molecule has 4 aromatic rings. The van der Waals surface area contributed by atoms with Gasteiger partial charge in [0, 0.05) is 62.2 Å². The molecular formula is C31H34F2N6O2. The van der Waals surface area contributed by atoms with E-state index in [4.69, 9.17) is 0 Å². The molecule has 0 saturated carbocycles. The van der Waals surface area contributed by atoms with E-state index in [2.05, 4.69) is 39.3 Å². The van der Waals surface area contributed by atoms with E-state index in [9.17, 15) is 18.4 Å². The SMILES string of the molecule is CCC(CC)CC(=O)c1ccc(NC(=O)c2n[nH]c3ccc(-c4cncc(CN5CCC(F)(F)CC5)c4)cc23)cn1. The molecular weight excluding hydrogens is 526 g/mol. The summed E-state index contributed by atoms with van der Waals surface area (Å²) in [6, 6.07) is 11.0. The van der Waals surface area contributed by atoms with Crippen molar-refractivity contribution >= 4 is 28.3 Å². The van der Waals surface area contributed by atoms with Crippen LogP contribution in [-0.2, 0) is 6.54 Å². The fraction of sp³-hybridized carbons (Fsp3) is 0.387. The molecule has 0 bridgehead atoms. The molecule has 1 amide bonds. The summed E-state index contributed by atoms with van der Waals surface area (Å²) in [5.74, 6) is -2.64. The predicted molar refractivity (Wildman–Crippen MR) is 154 cm³/mol. The molecule has 214 valence electrons. The molecule has 2 N–H and O–H groups in total. The van der Waals surface area contributed by atoms with Crippen molar-refractivity contribution in [3.8, 4) is 11.1 Å². The first-order valence-electron chi connectivity index (χ1n) is 14.1. The molecule has 1 fully saturated rings. The summed E-state index contributed by atoms with van der Waals surface area (Å²) in [7, 11) is 0. The van der Waals surface area contributed by atoms with Crippen molar-refractivity contribution in [2.24, 2.45) is 5.92 Å². The van der Waals surface area contributed by atoms with Crippen LogP contribution in [0.1, 0.15) is 72.5 Å². The molecule has 0 aliphatic carbocycles. The van der Waals surface area contributed by atoms with E-state index < -0.39 is 11.8 Å². The van der Waals surface area contributed by atoms with E-state index in [0.29, 0.717) is 54.3 Å². The van der Waals surface area contributed by atoms with Gasteiger partial charge < -0.3 is 5.32 Å². The van der Waals surface area contributed by atoms with Gasteiger partial charge in [0.2, 0.25) is 0 Å². The highest BCUT2D eigenvalue weighted by atomic mass is 19.3. The minimum atomic E-state index is -2.58. The van der Waals surface area contributed by atoms with Gasteiger partial charge >= 0.3 is 0 Å². The Bertz CT molecular complexity index is 1520. The number of aromatic amines is 1. The number of benzene rings is 1. The first-order valence-corrected chi connectivity index (χ1v) is 14.1. The maximum atomic E-state index is 13.5. The van der Waals surface area contributed by atoms with Crippen LogP contribution in [0.5, 0.6) is 0 Å². The third kappa shape index (κ3) is 6.82. The Balaban J connectivity index is 1.29. The number of rotatable bonds is 10. The number of hydrogen-bond acceptors (Lipinski definition) is 6. The summed E-state index contributed by atoms with van der Waals surface area (Å²) in [5.41, 5.74) is 4.44. The van der Waals surface area contributed by atoms with E-state index in [1.54, 1.807) is 24.5 Å². The van der Waals surface area contributed by atoms with Crippen LogP contribution in [0.15, 0.2) is 55.0 Å². The Morgan fingerprint density at radius 2 is 1.80 bits per heavy atom. The van der Waals surface area contributed by atoms with Crippen LogP contribution in [0.25, 0.3) is 22.0 Å². The normalized spacial score (nSPS) is 15.3. The number of nitrogens with zero attached hydrogens (tertiary/aromatic N) is 4. The average molecular weight is 561 g/mol. The number of amides is 1. The molecule has 0 spiro atoms. The van der Waals surface area contributed by atoms with E-state index in [0.717, 1.165) is 29.5 Å². The molecule has 10 heteroatoms. The summed E-state index contributed by atoms with van der Waals surface area (Å²) in [6.45, 7) is 5.40. The first kappa shape index (κ1) is 28.5. The van der Waals surface area contributed by atoms with Crippen molar-refractivity contribution in [1.82, 2.24) is 25.1 Å². The maximum absolute atomic E-state index is 13.5. The summed E-state index contributed by atoms with van der Waals surface area (Å²) in [6.07, 6.45) is 7.08. The second-order valence-corrected chi connectivity index (χ2v) is 10.7. The number of nitrogens with one attached hydrogen (secondary N) is 2. The largest absolute Gasteiger partial charge is 0.319 e. The lowest BCUT2D eigenvalue weighted by Gasteiger charge is -2.31. The number of ketones is 1. The topological polar surface area (TPSA) is 104 Å².